The summed E-state index contributed by atoms with van der Waals surface area (Å²) in [6.45, 7) is 0. The van der Waals surface area contributed by atoms with Gasteiger partial charge in [0, 0.05) is 12.3 Å². The maximum atomic E-state index is 12.8. The number of carbonyl (C=O) groups excluding carboxylic acids is 1. The molecule has 5 aliphatic rings. The van der Waals surface area contributed by atoms with E-state index >= 15 is 0 Å². The Labute approximate surface area is 123 Å². The van der Waals surface area contributed by atoms with Crippen molar-refractivity contribution in [3.8, 4) is 0 Å². The van der Waals surface area contributed by atoms with Gasteiger partial charge >= 0.3 is 0 Å². The largest absolute Gasteiger partial charge is 0.299 e. The van der Waals surface area contributed by atoms with E-state index in [1.807, 2.05) is 0 Å². The summed E-state index contributed by atoms with van der Waals surface area (Å²) in [6.07, 6.45) is 17.4. The minimum Gasteiger partial charge on any atom is -0.299 e. The molecule has 1 nitrogen and oxygen atoms in total. The highest BCUT2D eigenvalue weighted by Crippen LogP contribution is 2.61. The average Bonchev–Trinajstić information content (AvgIpc) is 2.65. The zero-order valence-electron chi connectivity index (χ0n) is 12.9. The van der Waals surface area contributed by atoms with Gasteiger partial charge in [-0.25, -0.2) is 0 Å². The van der Waals surface area contributed by atoms with Crippen LogP contribution in [0.25, 0.3) is 0 Å². The van der Waals surface area contributed by atoms with Gasteiger partial charge in [-0.15, -0.1) is 0 Å². The van der Waals surface area contributed by atoms with Gasteiger partial charge in [0.25, 0.3) is 0 Å². The number of carbonyl (C=O) groups is 1. The van der Waals surface area contributed by atoms with E-state index < -0.39 is 0 Å². The lowest BCUT2D eigenvalue weighted by Gasteiger charge is -2.57. The first-order valence-corrected chi connectivity index (χ1v) is 9.25. The molecule has 0 atom stereocenters. The summed E-state index contributed by atoms with van der Waals surface area (Å²) < 4.78 is 0. The molecule has 0 amide bonds. The van der Waals surface area contributed by atoms with Crippen LogP contribution in [0.3, 0.4) is 0 Å². The number of ketones is 1. The van der Waals surface area contributed by atoms with E-state index in [1.165, 1.54) is 77.0 Å². The molecule has 5 saturated carbocycles. The fourth-order valence-electron chi connectivity index (χ4n) is 6.62. The highest BCUT2D eigenvalue weighted by molar-refractivity contribution is 5.81. The fourth-order valence-corrected chi connectivity index (χ4v) is 6.62. The van der Waals surface area contributed by atoms with Crippen LogP contribution in [-0.2, 0) is 4.79 Å². The van der Waals surface area contributed by atoms with Crippen molar-refractivity contribution >= 4 is 5.78 Å². The maximum absolute atomic E-state index is 12.8. The maximum Gasteiger partial charge on any atom is 0.136 e. The van der Waals surface area contributed by atoms with E-state index in [1.54, 1.807) is 0 Å². The predicted octanol–water partition coefficient (Wildman–Crippen LogP) is 5.13. The Morgan fingerprint density at radius 1 is 0.800 bits per heavy atom. The zero-order chi connectivity index (χ0) is 13.6. The number of Topliss-reactive ketones (excluding diaryl/α,β-unsaturated/α-hetero) is 1. The minimum absolute atomic E-state index is 0.436. The lowest BCUT2D eigenvalue weighted by atomic mass is 9.48. The Morgan fingerprint density at radius 2 is 1.30 bits per heavy atom. The van der Waals surface area contributed by atoms with Crippen molar-refractivity contribution < 1.29 is 4.79 Å². The van der Waals surface area contributed by atoms with E-state index in [0.29, 0.717) is 17.1 Å². The predicted molar refractivity (Wildman–Crippen MR) is 81.4 cm³/mol. The van der Waals surface area contributed by atoms with Crippen LogP contribution in [0.5, 0.6) is 0 Å². The Balaban J connectivity index is 1.44. The molecule has 20 heavy (non-hydrogen) atoms. The lowest BCUT2D eigenvalue weighted by molar-refractivity contribution is -0.131. The Kier molecular flexibility index (Phi) is 3.43. The van der Waals surface area contributed by atoms with Gasteiger partial charge in [0.05, 0.1) is 0 Å². The van der Waals surface area contributed by atoms with Crippen LogP contribution in [0.2, 0.25) is 0 Å². The molecule has 0 aromatic carbocycles. The third kappa shape index (κ3) is 2.46. The Hall–Kier alpha value is -0.330. The van der Waals surface area contributed by atoms with Gasteiger partial charge in [0.1, 0.15) is 5.78 Å². The Morgan fingerprint density at radius 3 is 1.80 bits per heavy atom. The van der Waals surface area contributed by atoms with E-state index in [-0.39, 0.29) is 0 Å². The minimum atomic E-state index is 0.436. The number of hydrogen-bond donors (Lipinski definition) is 0. The van der Waals surface area contributed by atoms with Crippen molar-refractivity contribution in [3.05, 3.63) is 0 Å². The van der Waals surface area contributed by atoms with Crippen LogP contribution in [0, 0.1) is 29.1 Å². The molecule has 0 N–H and O–H groups in total. The summed E-state index contributed by atoms with van der Waals surface area (Å²) in [5.74, 6) is 4.06. The normalized spacial score (nSPS) is 44.5. The van der Waals surface area contributed by atoms with E-state index in [9.17, 15) is 4.79 Å². The van der Waals surface area contributed by atoms with E-state index in [2.05, 4.69) is 0 Å². The first kappa shape index (κ1) is 13.3. The van der Waals surface area contributed by atoms with Gasteiger partial charge in [-0.05, 0) is 74.5 Å². The van der Waals surface area contributed by atoms with Crippen LogP contribution < -0.4 is 0 Å². The molecular weight excluding hydrogens is 244 g/mol. The third-order valence-corrected chi connectivity index (χ3v) is 7.02. The second kappa shape index (κ2) is 5.14. The molecule has 0 heterocycles. The molecule has 0 unspecified atom stereocenters. The second-order valence-electron chi connectivity index (χ2n) is 8.75. The highest BCUT2D eigenvalue weighted by Gasteiger charge is 2.51. The van der Waals surface area contributed by atoms with Crippen molar-refractivity contribution in [3.63, 3.8) is 0 Å². The quantitative estimate of drug-likeness (QED) is 0.652. The molecule has 5 aliphatic carbocycles. The molecular formula is C19H30O. The summed E-state index contributed by atoms with van der Waals surface area (Å²) >= 11 is 0. The van der Waals surface area contributed by atoms with Crippen molar-refractivity contribution in [2.45, 2.75) is 83.5 Å². The number of rotatable bonds is 3. The Bertz CT molecular complexity index is 340. The zero-order valence-corrected chi connectivity index (χ0v) is 12.9. The second-order valence-corrected chi connectivity index (χ2v) is 8.75. The average molecular weight is 274 g/mol. The third-order valence-electron chi connectivity index (χ3n) is 7.02. The molecule has 0 aliphatic heterocycles. The summed E-state index contributed by atoms with van der Waals surface area (Å²) in [4.78, 5) is 12.8. The van der Waals surface area contributed by atoms with Crippen LogP contribution in [0.1, 0.15) is 83.5 Å². The molecule has 0 radical (unpaired) electrons. The van der Waals surface area contributed by atoms with Crippen molar-refractivity contribution in [2.24, 2.45) is 29.1 Å². The topological polar surface area (TPSA) is 17.1 Å². The fraction of sp³-hybridized carbons (Fsp3) is 0.947. The van der Waals surface area contributed by atoms with Crippen molar-refractivity contribution in [1.29, 1.82) is 0 Å². The summed E-state index contributed by atoms with van der Waals surface area (Å²) in [5.41, 5.74) is 0.470. The molecule has 4 bridgehead atoms. The van der Waals surface area contributed by atoms with E-state index in [4.69, 9.17) is 0 Å². The van der Waals surface area contributed by atoms with Gasteiger partial charge in [0.2, 0.25) is 0 Å². The number of hydrogen-bond acceptors (Lipinski definition) is 1. The first-order valence-electron chi connectivity index (χ1n) is 9.25. The van der Waals surface area contributed by atoms with Crippen molar-refractivity contribution in [1.82, 2.24) is 0 Å². The van der Waals surface area contributed by atoms with Gasteiger partial charge in [-0.1, -0.05) is 25.7 Å². The van der Waals surface area contributed by atoms with Gasteiger partial charge in [-0.3, -0.25) is 4.79 Å². The molecule has 0 spiro atoms. The lowest BCUT2D eigenvalue weighted by Crippen LogP contribution is -2.47. The SMILES string of the molecule is O=C(CC12CC3CC(CC(C3)C1)C2)C1CCCCCC1. The molecule has 112 valence electrons. The highest BCUT2D eigenvalue weighted by atomic mass is 16.1. The molecule has 5 rings (SSSR count). The summed E-state index contributed by atoms with van der Waals surface area (Å²) in [7, 11) is 0. The van der Waals surface area contributed by atoms with Crippen LogP contribution in [0.15, 0.2) is 0 Å². The van der Waals surface area contributed by atoms with Crippen LogP contribution in [-0.4, -0.2) is 5.78 Å². The molecule has 1 heteroatoms. The van der Waals surface area contributed by atoms with Crippen LogP contribution >= 0.6 is 0 Å². The van der Waals surface area contributed by atoms with Crippen LogP contribution in [0.4, 0.5) is 0 Å². The molecule has 0 aromatic rings. The van der Waals surface area contributed by atoms with Gasteiger partial charge in [0.15, 0.2) is 0 Å². The molecule has 0 aromatic heterocycles. The summed E-state index contributed by atoms with van der Waals surface area (Å²) in [5, 5.41) is 0. The first-order chi connectivity index (χ1) is 9.72. The summed E-state index contributed by atoms with van der Waals surface area (Å²) in [6, 6.07) is 0. The van der Waals surface area contributed by atoms with E-state index in [0.717, 1.165) is 24.2 Å². The van der Waals surface area contributed by atoms with Gasteiger partial charge < -0.3 is 0 Å². The molecule has 5 fully saturated rings. The monoisotopic (exact) mass is 274 g/mol. The van der Waals surface area contributed by atoms with Gasteiger partial charge in [-0.2, -0.15) is 0 Å². The smallest absolute Gasteiger partial charge is 0.136 e. The van der Waals surface area contributed by atoms with Crippen molar-refractivity contribution in [2.75, 3.05) is 0 Å². The molecule has 0 saturated heterocycles. The standard InChI is InChI=1S/C19H30O/c20-18(17-5-3-1-2-4-6-17)13-19-10-14-7-15(11-19)9-16(8-14)12-19/h14-17H,1-13H2.